The Bertz CT molecular complexity index is 275. The number of fused-ring (bicyclic) bond motifs is 5. The topological polar surface area (TPSA) is 12.0 Å². The minimum absolute atomic E-state index is 0.854. The summed E-state index contributed by atoms with van der Waals surface area (Å²) >= 11 is 0. The highest BCUT2D eigenvalue weighted by molar-refractivity contribution is 4.88. The van der Waals surface area contributed by atoms with E-state index in [9.17, 15) is 0 Å². The molecule has 1 nitrogen and oxygen atoms in total. The highest BCUT2D eigenvalue weighted by atomic mass is 15.0. The molecule has 3 fully saturated rings. The molecule has 4 bridgehead atoms. The molecule has 3 aliphatic rings. The van der Waals surface area contributed by atoms with Crippen molar-refractivity contribution in [1.29, 1.82) is 0 Å². The molecule has 3 rings (SSSR count). The van der Waals surface area contributed by atoms with Gasteiger partial charge in [-0.1, -0.05) is 70.6 Å². The van der Waals surface area contributed by atoms with E-state index in [-0.39, 0.29) is 0 Å². The van der Waals surface area contributed by atoms with Crippen LogP contribution in [0, 0.1) is 11.8 Å². The molecular formula is C19H35N. The van der Waals surface area contributed by atoms with Crippen molar-refractivity contribution in [2.45, 2.75) is 108 Å². The largest absolute Gasteiger partial charge is 0.311 e. The summed E-state index contributed by atoms with van der Waals surface area (Å²) in [6.45, 7) is 0. The summed E-state index contributed by atoms with van der Waals surface area (Å²) in [5.41, 5.74) is 0. The minimum Gasteiger partial charge on any atom is -0.311 e. The monoisotopic (exact) mass is 277 g/mol. The molecular weight excluding hydrogens is 242 g/mol. The quantitative estimate of drug-likeness (QED) is 0.622. The molecule has 0 aromatic rings. The van der Waals surface area contributed by atoms with Gasteiger partial charge in [0.05, 0.1) is 0 Å². The molecule has 1 N–H and O–H groups in total. The van der Waals surface area contributed by atoms with Crippen molar-refractivity contribution in [1.82, 2.24) is 5.32 Å². The fraction of sp³-hybridized carbons (Fsp3) is 1.00. The molecule has 0 aromatic carbocycles. The first-order valence-electron chi connectivity index (χ1n) is 9.68. The van der Waals surface area contributed by atoms with Gasteiger partial charge in [0, 0.05) is 12.1 Å². The summed E-state index contributed by atoms with van der Waals surface area (Å²) in [5, 5.41) is 4.09. The van der Waals surface area contributed by atoms with Crippen LogP contribution in [0.1, 0.15) is 96.3 Å². The lowest BCUT2D eigenvalue weighted by Crippen LogP contribution is -2.37. The van der Waals surface area contributed by atoms with Gasteiger partial charge in [-0.2, -0.15) is 0 Å². The molecule has 20 heavy (non-hydrogen) atoms. The third-order valence-electron chi connectivity index (χ3n) is 6.32. The predicted molar refractivity (Wildman–Crippen MR) is 86.9 cm³/mol. The van der Waals surface area contributed by atoms with Crippen LogP contribution in [0.3, 0.4) is 0 Å². The molecule has 4 unspecified atom stereocenters. The average Bonchev–Trinajstić information content (AvgIpc) is 2.54. The van der Waals surface area contributed by atoms with Crippen LogP contribution < -0.4 is 5.32 Å². The molecule has 0 radical (unpaired) electrons. The third-order valence-corrected chi connectivity index (χ3v) is 6.32. The zero-order valence-electron chi connectivity index (χ0n) is 13.4. The van der Waals surface area contributed by atoms with Crippen molar-refractivity contribution < 1.29 is 0 Å². The van der Waals surface area contributed by atoms with Gasteiger partial charge >= 0.3 is 0 Å². The van der Waals surface area contributed by atoms with Crippen LogP contribution in [0.25, 0.3) is 0 Å². The van der Waals surface area contributed by atoms with E-state index in [0.717, 1.165) is 23.9 Å². The molecule has 1 saturated heterocycles. The Labute approximate surface area is 126 Å². The van der Waals surface area contributed by atoms with Crippen molar-refractivity contribution in [2.75, 3.05) is 0 Å². The van der Waals surface area contributed by atoms with Crippen molar-refractivity contribution in [3.63, 3.8) is 0 Å². The standard InChI is InChI=1S/C19H35N/c1-2-6-10-16-14-18(12-8-3-1)20-19-13-9-5-4-7-11-17(16)15-19/h16-20H,1-15H2. The maximum Gasteiger partial charge on any atom is 0.00723 e. The second kappa shape index (κ2) is 7.82. The van der Waals surface area contributed by atoms with Gasteiger partial charge in [0.25, 0.3) is 0 Å². The Morgan fingerprint density at radius 2 is 0.850 bits per heavy atom. The van der Waals surface area contributed by atoms with Crippen LogP contribution in [0.15, 0.2) is 0 Å². The fourth-order valence-corrected chi connectivity index (χ4v) is 5.17. The zero-order valence-corrected chi connectivity index (χ0v) is 13.4. The van der Waals surface area contributed by atoms with Gasteiger partial charge in [0.1, 0.15) is 0 Å². The van der Waals surface area contributed by atoms with E-state index < -0.39 is 0 Å². The van der Waals surface area contributed by atoms with E-state index in [1.165, 1.54) is 96.3 Å². The maximum atomic E-state index is 4.09. The van der Waals surface area contributed by atoms with Gasteiger partial charge in [0.2, 0.25) is 0 Å². The van der Waals surface area contributed by atoms with Gasteiger partial charge in [-0.05, 0) is 37.5 Å². The normalized spacial score (nSPS) is 40.8. The smallest absolute Gasteiger partial charge is 0.00723 e. The van der Waals surface area contributed by atoms with E-state index in [0.29, 0.717) is 0 Å². The lowest BCUT2D eigenvalue weighted by atomic mass is 9.78. The molecule has 0 aromatic heterocycles. The van der Waals surface area contributed by atoms with Crippen LogP contribution in [0.4, 0.5) is 0 Å². The molecule has 2 saturated carbocycles. The van der Waals surface area contributed by atoms with E-state index in [1.54, 1.807) is 0 Å². The Morgan fingerprint density at radius 3 is 1.35 bits per heavy atom. The van der Waals surface area contributed by atoms with E-state index in [4.69, 9.17) is 0 Å². The summed E-state index contributed by atoms with van der Waals surface area (Å²) in [4.78, 5) is 0. The number of rotatable bonds is 0. The first-order valence-corrected chi connectivity index (χ1v) is 9.68. The van der Waals surface area contributed by atoms with Crippen molar-refractivity contribution in [3.05, 3.63) is 0 Å². The molecule has 0 spiro atoms. The highest BCUT2D eigenvalue weighted by Crippen LogP contribution is 2.37. The summed E-state index contributed by atoms with van der Waals surface area (Å²) < 4.78 is 0. The Hall–Kier alpha value is -0.0400. The van der Waals surface area contributed by atoms with Gasteiger partial charge in [-0.3, -0.25) is 0 Å². The summed E-state index contributed by atoms with van der Waals surface area (Å²) in [7, 11) is 0. The summed E-state index contributed by atoms with van der Waals surface area (Å²) in [5.74, 6) is 2.10. The number of nitrogens with one attached hydrogen (secondary N) is 1. The molecule has 0 amide bonds. The Morgan fingerprint density at radius 1 is 0.450 bits per heavy atom. The van der Waals surface area contributed by atoms with Crippen molar-refractivity contribution in [2.24, 2.45) is 11.8 Å². The minimum atomic E-state index is 0.854. The molecule has 4 atom stereocenters. The second-order valence-corrected chi connectivity index (χ2v) is 7.89. The van der Waals surface area contributed by atoms with Gasteiger partial charge in [-0.15, -0.1) is 0 Å². The fourth-order valence-electron chi connectivity index (χ4n) is 5.17. The van der Waals surface area contributed by atoms with Gasteiger partial charge < -0.3 is 5.32 Å². The number of hydrogen-bond donors (Lipinski definition) is 1. The molecule has 1 heteroatoms. The van der Waals surface area contributed by atoms with E-state index in [1.807, 2.05) is 0 Å². The summed E-state index contributed by atoms with van der Waals surface area (Å²) in [6.07, 6.45) is 22.4. The van der Waals surface area contributed by atoms with E-state index >= 15 is 0 Å². The molecule has 2 aliphatic carbocycles. The Balaban J connectivity index is 1.71. The SMILES string of the molecule is C1CCCC2CC(CCC1)C1CCCCCCC(C1)N2. The first-order chi connectivity index (χ1) is 9.92. The number of hydrogen-bond acceptors (Lipinski definition) is 1. The zero-order chi connectivity index (χ0) is 13.6. The van der Waals surface area contributed by atoms with Crippen molar-refractivity contribution >= 4 is 0 Å². The highest BCUT2D eigenvalue weighted by Gasteiger charge is 2.32. The van der Waals surface area contributed by atoms with Crippen molar-refractivity contribution in [3.8, 4) is 0 Å². The average molecular weight is 277 g/mol. The van der Waals surface area contributed by atoms with Crippen LogP contribution in [0.2, 0.25) is 0 Å². The predicted octanol–water partition coefficient (Wildman–Crippen LogP) is 5.44. The molecule has 1 heterocycles. The molecule has 1 aliphatic heterocycles. The first kappa shape index (κ1) is 14.9. The lowest BCUT2D eigenvalue weighted by molar-refractivity contribution is 0.249. The van der Waals surface area contributed by atoms with Gasteiger partial charge in [0.15, 0.2) is 0 Å². The Kier molecular flexibility index (Phi) is 5.82. The van der Waals surface area contributed by atoms with Crippen LogP contribution in [0.5, 0.6) is 0 Å². The third kappa shape index (κ3) is 4.23. The second-order valence-electron chi connectivity index (χ2n) is 7.89. The molecule has 116 valence electrons. The lowest BCUT2D eigenvalue weighted by Gasteiger charge is -2.27. The van der Waals surface area contributed by atoms with Crippen LogP contribution in [-0.4, -0.2) is 12.1 Å². The van der Waals surface area contributed by atoms with Crippen LogP contribution in [-0.2, 0) is 0 Å². The van der Waals surface area contributed by atoms with E-state index in [2.05, 4.69) is 5.32 Å². The van der Waals surface area contributed by atoms with Gasteiger partial charge in [-0.25, -0.2) is 0 Å². The van der Waals surface area contributed by atoms with Crippen LogP contribution >= 0.6 is 0 Å². The summed E-state index contributed by atoms with van der Waals surface area (Å²) in [6, 6.07) is 1.71. The maximum absolute atomic E-state index is 4.09.